The summed E-state index contributed by atoms with van der Waals surface area (Å²) >= 11 is 5.97. The van der Waals surface area contributed by atoms with Crippen molar-refractivity contribution in [2.24, 2.45) is 0 Å². The zero-order chi connectivity index (χ0) is 12.5. The second kappa shape index (κ2) is 4.51. The molecule has 0 atom stereocenters. The summed E-state index contributed by atoms with van der Waals surface area (Å²) < 4.78 is 5.10. The van der Waals surface area contributed by atoms with E-state index in [1.54, 1.807) is 4.90 Å². The first-order chi connectivity index (χ1) is 8.75. The number of rotatable bonds is 1. The maximum Gasteiger partial charge on any atom is 0.253 e. The van der Waals surface area contributed by atoms with Crippen molar-refractivity contribution >= 4 is 34.1 Å². The van der Waals surface area contributed by atoms with Crippen LogP contribution in [0.15, 0.2) is 24.5 Å². The second-order valence-electron chi connectivity index (χ2n) is 3.96. The Hall–Kier alpha value is -1.72. The van der Waals surface area contributed by atoms with Gasteiger partial charge >= 0.3 is 0 Å². The van der Waals surface area contributed by atoms with Crippen LogP contribution in [-0.2, 0) is 9.53 Å². The van der Waals surface area contributed by atoms with Crippen molar-refractivity contribution in [1.29, 1.82) is 0 Å². The third kappa shape index (κ3) is 1.91. The summed E-state index contributed by atoms with van der Waals surface area (Å²) in [5.74, 6) is -0.0410. The number of amides is 1. The first-order valence-corrected chi connectivity index (χ1v) is 5.92. The molecule has 0 spiro atoms. The van der Waals surface area contributed by atoms with Crippen LogP contribution in [0.25, 0.3) is 10.9 Å². The van der Waals surface area contributed by atoms with E-state index in [0.29, 0.717) is 18.3 Å². The number of fused-ring (bicyclic) bond motifs is 1. The minimum absolute atomic E-state index is 0.0410. The van der Waals surface area contributed by atoms with Gasteiger partial charge in [0.1, 0.15) is 18.1 Å². The zero-order valence-corrected chi connectivity index (χ0v) is 10.2. The van der Waals surface area contributed by atoms with Gasteiger partial charge in [0.25, 0.3) is 5.91 Å². The zero-order valence-electron chi connectivity index (χ0n) is 9.47. The van der Waals surface area contributed by atoms with Crippen molar-refractivity contribution < 1.29 is 9.53 Å². The molecule has 1 aromatic heterocycles. The van der Waals surface area contributed by atoms with Gasteiger partial charge in [-0.05, 0) is 18.2 Å². The van der Waals surface area contributed by atoms with Gasteiger partial charge in [0.05, 0.1) is 12.1 Å². The van der Waals surface area contributed by atoms with E-state index in [1.807, 2.05) is 18.2 Å². The van der Waals surface area contributed by atoms with Crippen molar-refractivity contribution in [3.05, 3.63) is 29.7 Å². The summed E-state index contributed by atoms with van der Waals surface area (Å²) in [6.45, 7) is 1.24. The molecule has 1 fully saturated rings. The molecule has 0 N–H and O–H groups in total. The van der Waals surface area contributed by atoms with E-state index in [9.17, 15) is 4.79 Å². The highest BCUT2D eigenvalue weighted by atomic mass is 35.5. The summed E-state index contributed by atoms with van der Waals surface area (Å²) in [5.41, 5.74) is 1.54. The Balaban J connectivity index is 2.05. The predicted octanol–water partition coefficient (Wildman–Crippen LogP) is 1.65. The van der Waals surface area contributed by atoms with Crippen LogP contribution in [0.1, 0.15) is 0 Å². The fourth-order valence-electron chi connectivity index (χ4n) is 1.97. The van der Waals surface area contributed by atoms with Crippen molar-refractivity contribution in [1.82, 2.24) is 9.97 Å². The number of benzene rings is 1. The highest BCUT2D eigenvalue weighted by Crippen LogP contribution is 2.25. The fraction of sp³-hybridized carbons (Fsp3) is 0.250. The molecule has 0 saturated carbocycles. The van der Waals surface area contributed by atoms with E-state index >= 15 is 0 Å². The van der Waals surface area contributed by atoms with Gasteiger partial charge in [0.2, 0.25) is 0 Å². The van der Waals surface area contributed by atoms with Gasteiger partial charge in [0.15, 0.2) is 0 Å². The molecule has 18 heavy (non-hydrogen) atoms. The molecule has 1 saturated heterocycles. The number of aromatic nitrogens is 2. The van der Waals surface area contributed by atoms with Crippen LogP contribution in [-0.4, -0.2) is 35.6 Å². The highest BCUT2D eigenvalue weighted by Gasteiger charge is 2.20. The number of hydrogen-bond donors (Lipinski definition) is 0. The van der Waals surface area contributed by atoms with Gasteiger partial charge in [-0.3, -0.25) is 4.79 Å². The molecular weight excluding hydrogens is 254 g/mol. The normalized spacial score (nSPS) is 16.3. The summed E-state index contributed by atoms with van der Waals surface area (Å²) in [4.78, 5) is 21.5. The van der Waals surface area contributed by atoms with Gasteiger partial charge in [0, 0.05) is 17.6 Å². The third-order valence-electron chi connectivity index (χ3n) is 2.87. The lowest BCUT2D eigenvalue weighted by molar-refractivity contribution is -0.125. The fourth-order valence-corrected chi connectivity index (χ4v) is 2.17. The molecule has 92 valence electrons. The molecule has 3 rings (SSSR count). The highest BCUT2D eigenvalue weighted by molar-refractivity contribution is 6.34. The Morgan fingerprint density at radius 2 is 2.22 bits per heavy atom. The van der Waals surface area contributed by atoms with Gasteiger partial charge in [-0.15, -0.1) is 0 Å². The number of halogens is 1. The van der Waals surface area contributed by atoms with Gasteiger partial charge < -0.3 is 9.64 Å². The van der Waals surface area contributed by atoms with Gasteiger partial charge in [-0.25, -0.2) is 9.97 Å². The summed E-state index contributed by atoms with van der Waals surface area (Å²) in [7, 11) is 0. The predicted molar refractivity (Wildman–Crippen MR) is 67.7 cm³/mol. The lowest BCUT2D eigenvalue weighted by Crippen LogP contribution is -2.41. The topological polar surface area (TPSA) is 55.3 Å². The number of ether oxygens (including phenoxy) is 1. The van der Waals surface area contributed by atoms with Crippen LogP contribution in [0, 0.1) is 0 Å². The Morgan fingerprint density at radius 1 is 1.33 bits per heavy atom. The maximum absolute atomic E-state index is 11.7. The van der Waals surface area contributed by atoms with Gasteiger partial charge in [-0.1, -0.05) is 11.6 Å². The molecule has 6 heteroatoms. The average Bonchev–Trinajstić information content (AvgIpc) is 2.39. The number of morpholine rings is 1. The van der Waals surface area contributed by atoms with Crippen molar-refractivity contribution in [2.45, 2.75) is 0 Å². The number of carbonyl (C=O) groups is 1. The monoisotopic (exact) mass is 263 g/mol. The molecule has 1 amide bonds. The first kappa shape index (κ1) is 11.4. The Bertz CT molecular complexity index is 617. The van der Waals surface area contributed by atoms with E-state index in [0.717, 1.165) is 16.6 Å². The van der Waals surface area contributed by atoms with Crippen LogP contribution >= 0.6 is 11.6 Å². The van der Waals surface area contributed by atoms with E-state index in [-0.39, 0.29) is 12.5 Å². The Kier molecular flexibility index (Phi) is 2.85. The molecule has 0 radical (unpaired) electrons. The molecule has 5 nitrogen and oxygen atoms in total. The van der Waals surface area contributed by atoms with Crippen LogP contribution in [0.3, 0.4) is 0 Å². The average molecular weight is 264 g/mol. The van der Waals surface area contributed by atoms with Gasteiger partial charge in [-0.2, -0.15) is 0 Å². The second-order valence-corrected chi connectivity index (χ2v) is 4.32. The quantitative estimate of drug-likeness (QED) is 0.734. The number of hydrogen-bond acceptors (Lipinski definition) is 4. The molecule has 1 aliphatic heterocycles. The molecule has 0 bridgehead atoms. The molecule has 0 unspecified atom stereocenters. The minimum atomic E-state index is -0.0410. The number of carbonyl (C=O) groups excluding carboxylic acids is 1. The molecular formula is C12H10ClN3O2. The van der Waals surface area contributed by atoms with E-state index in [4.69, 9.17) is 16.3 Å². The van der Waals surface area contributed by atoms with Crippen LogP contribution < -0.4 is 4.90 Å². The maximum atomic E-state index is 11.7. The molecule has 2 aromatic rings. The third-order valence-corrected chi connectivity index (χ3v) is 3.17. The SMILES string of the molecule is O=C1COCCN1c1ccc2c(Cl)ncnc2c1. The smallest absolute Gasteiger partial charge is 0.253 e. The van der Waals surface area contributed by atoms with E-state index in [1.165, 1.54) is 6.33 Å². The van der Waals surface area contributed by atoms with E-state index < -0.39 is 0 Å². The lowest BCUT2D eigenvalue weighted by Gasteiger charge is -2.26. The summed E-state index contributed by atoms with van der Waals surface area (Å²) in [6, 6.07) is 5.52. The summed E-state index contributed by atoms with van der Waals surface area (Å²) in [5, 5.41) is 1.20. The lowest BCUT2D eigenvalue weighted by atomic mass is 10.2. The molecule has 0 aliphatic carbocycles. The van der Waals surface area contributed by atoms with Crippen LogP contribution in [0.2, 0.25) is 5.15 Å². The van der Waals surface area contributed by atoms with Crippen molar-refractivity contribution in [2.75, 3.05) is 24.7 Å². The van der Waals surface area contributed by atoms with Crippen LogP contribution in [0.4, 0.5) is 5.69 Å². The number of nitrogens with zero attached hydrogens (tertiary/aromatic N) is 3. The summed E-state index contributed by atoms with van der Waals surface area (Å²) in [6.07, 6.45) is 1.41. The standard InChI is InChI=1S/C12H10ClN3O2/c13-12-9-2-1-8(5-10(9)14-7-15-12)16-3-4-18-6-11(16)17/h1-2,5,7H,3-4,6H2. The largest absolute Gasteiger partial charge is 0.370 e. The Morgan fingerprint density at radius 3 is 3.06 bits per heavy atom. The Labute approximate surface area is 108 Å². The van der Waals surface area contributed by atoms with Crippen molar-refractivity contribution in [3.63, 3.8) is 0 Å². The molecule has 1 aliphatic rings. The van der Waals surface area contributed by atoms with Crippen molar-refractivity contribution in [3.8, 4) is 0 Å². The molecule has 1 aromatic carbocycles. The van der Waals surface area contributed by atoms with Crippen LogP contribution in [0.5, 0.6) is 0 Å². The molecule has 2 heterocycles. The van der Waals surface area contributed by atoms with E-state index in [2.05, 4.69) is 9.97 Å². The minimum Gasteiger partial charge on any atom is -0.370 e. The first-order valence-electron chi connectivity index (χ1n) is 5.54. The number of anilines is 1.